The molecule has 0 aromatic heterocycles. The van der Waals surface area contributed by atoms with Gasteiger partial charge in [0.05, 0.1) is 17.8 Å². The van der Waals surface area contributed by atoms with Gasteiger partial charge in [0.2, 0.25) is 10.0 Å². The summed E-state index contributed by atoms with van der Waals surface area (Å²) in [6.45, 7) is 0.375. The molecule has 1 heterocycles. The van der Waals surface area contributed by atoms with Crippen LogP contribution in [-0.4, -0.2) is 49.3 Å². The quantitative estimate of drug-likeness (QED) is 0.436. The molecule has 0 spiro atoms. The Morgan fingerprint density at radius 3 is 1.83 bits per heavy atom. The molecule has 3 aromatic carbocycles. The summed E-state index contributed by atoms with van der Waals surface area (Å²) in [5.41, 5.74) is 1.53. The highest BCUT2D eigenvalue weighted by molar-refractivity contribution is 7.93. The number of carboxylic acid groups (broad SMARTS) is 1. The average Bonchev–Trinajstić information content (AvgIpc) is 2.72. The first-order valence-corrected chi connectivity index (χ1v) is 12.8. The molecule has 184 valence electrons. The summed E-state index contributed by atoms with van der Waals surface area (Å²) in [5, 5.41) is 10.2. The molecule has 0 bridgehead atoms. The molecule has 1 N–H and O–H groups in total. The van der Waals surface area contributed by atoms with E-state index >= 15 is 0 Å². The SMILES string of the molecule is O=C(O)CS(=O)(=O)N(c1cc(F)cc(F)c1)C1CN(C(c2ccc(Cl)cc2)c2ccc(Cl)cc2)C1. The van der Waals surface area contributed by atoms with E-state index in [0.29, 0.717) is 16.1 Å². The summed E-state index contributed by atoms with van der Waals surface area (Å²) in [6, 6.07) is 15.8. The van der Waals surface area contributed by atoms with Crippen LogP contribution in [0.25, 0.3) is 0 Å². The van der Waals surface area contributed by atoms with Crippen molar-refractivity contribution >= 4 is 44.9 Å². The fourth-order valence-electron chi connectivity index (χ4n) is 4.24. The number of anilines is 1. The fraction of sp³-hybridized carbons (Fsp3) is 0.208. The molecular weight excluding hydrogens is 521 g/mol. The van der Waals surface area contributed by atoms with Crippen LogP contribution < -0.4 is 4.31 Å². The molecule has 1 aliphatic rings. The molecule has 1 aliphatic heterocycles. The average molecular weight is 541 g/mol. The number of carboxylic acids is 1. The molecule has 3 aromatic rings. The molecule has 0 unspecified atom stereocenters. The molecule has 1 fully saturated rings. The van der Waals surface area contributed by atoms with E-state index < -0.39 is 39.4 Å². The minimum absolute atomic E-state index is 0.187. The van der Waals surface area contributed by atoms with E-state index in [1.807, 2.05) is 29.2 Å². The molecule has 1 saturated heterocycles. The minimum Gasteiger partial charge on any atom is -0.480 e. The Morgan fingerprint density at radius 2 is 1.40 bits per heavy atom. The summed E-state index contributed by atoms with van der Waals surface area (Å²) in [6.07, 6.45) is 0. The Morgan fingerprint density at radius 1 is 0.943 bits per heavy atom. The fourth-order valence-corrected chi connectivity index (χ4v) is 5.96. The Labute approximate surface area is 211 Å². The van der Waals surface area contributed by atoms with Crippen molar-refractivity contribution in [2.75, 3.05) is 23.1 Å². The number of rotatable bonds is 8. The third-order valence-electron chi connectivity index (χ3n) is 5.67. The van der Waals surface area contributed by atoms with Crippen LogP contribution in [0.3, 0.4) is 0 Å². The first-order chi connectivity index (χ1) is 16.5. The Balaban J connectivity index is 1.68. The van der Waals surface area contributed by atoms with Crippen molar-refractivity contribution in [3.8, 4) is 0 Å². The van der Waals surface area contributed by atoms with E-state index in [1.54, 1.807) is 24.3 Å². The highest BCUT2D eigenvalue weighted by Gasteiger charge is 2.42. The number of benzene rings is 3. The second-order valence-electron chi connectivity index (χ2n) is 8.19. The normalized spacial score (nSPS) is 14.7. The summed E-state index contributed by atoms with van der Waals surface area (Å²) in [7, 11) is -4.42. The lowest BCUT2D eigenvalue weighted by atomic mass is 9.93. The van der Waals surface area contributed by atoms with Crippen LogP contribution in [0.2, 0.25) is 10.0 Å². The van der Waals surface area contributed by atoms with Gasteiger partial charge in [-0.1, -0.05) is 47.5 Å². The maximum atomic E-state index is 13.9. The van der Waals surface area contributed by atoms with Gasteiger partial charge in [0, 0.05) is 29.2 Å². The van der Waals surface area contributed by atoms with E-state index in [9.17, 15) is 22.0 Å². The van der Waals surface area contributed by atoms with Crippen molar-refractivity contribution in [3.63, 3.8) is 0 Å². The third kappa shape index (κ3) is 5.75. The van der Waals surface area contributed by atoms with Crippen LogP contribution in [0.5, 0.6) is 0 Å². The zero-order chi connectivity index (χ0) is 25.3. The van der Waals surface area contributed by atoms with Crippen molar-refractivity contribution in [2.45, 2.75) is 12.1 Å². The molecule has 0 amide bonds. The van der Waals surface area contributed by atoms with Crippen LogP contribution in [-0.2, 0) is 14.8 Å². The number of halogens is 4. The van der Waals surface area contributed by atoms with E-state index in [2.05, 4.69) is 0 Å². The molecular formula is C24H20Cl2F2N2O4S. The van der Waals surface area contributed by atoms with Crippen LogP contribution >= 0.6 is 23.2 Å². The van der Waals surface area contributed by atoms with Crippen LogP contribution in [0.15, 0.2) is 66.7 Å². The Bertz CT molecular complexity index is 1270. The van der Waals surface area contributed by atoms with E-state index in [-0.39, 0.29) is 24.8 Å². The second kappa shape index (κ2) is 10.1. The highest BCUT2D eigenvalue weighted by atomic mass is 35.5. The molecule has 0 aliphatic carbocycles. The van der Waals surface area contributed by atoms with Crippen molar-refractivity contribution in [2.24, 2.45) is 0 Å². The van der Waals surface area contributed by atoms with Crippen molar-refractivity contribution in [1.82, 2.24) is 4.90 Å². The van der Waals surface area contributed by atoms with Gasteiger partial charge in [0.25, 0.3) is 0 Å². The number of hydrogen-bond donors (Lipinski definition) is 1. The topological polar surface area (TPSA) is 77.9 Å². The molecule has 11 heteroatoms. The van der Waals surface area contributed by atoms with Gasteiger partial charge in [-0.15, -0.1) is 0 Å². The van der Waals surface area contributed by atoms with Crippen LogP contribution in [0.1, 0.15) is 17.2 Å². The summed E-state index contributed by atoms with van der Waals surface area (Å²) in [5.74, 6) is -4.71. The molecule has 0 atom stereocenters. The molecule has 6 nitrogen and oxygen atoms in total. The van der Waals surface area contributed by atoms with Gasteiger partial charge in [-0.05, 0) is 47.5 Å². The van der Waals surface area contributed by atoms with Crippen LogP contribution in [0, 0.1) is 11.6 Å². The van der Waals surface area contributed by atoms with Gasteiger partial charge < -0.3 is 5.11 Å². The van der Waals surface area contributed by atoms with Crippen LogP contribution in [0.4, 0.5) is 14.5 Å². The Hall–Kier alpha value is -2.72. The zero-order valence-corrected chi connectivity index (χ0v) is 20.4. The van der Waals surface area contributed by atoms with Crippen molar-refractivity contribution in [1.29, 1.82) is 0 Å². The number of sulfonamides is 1. The predicted molar refractivity (Wildman–Crippen MR) is 130 cm³/mol. The largest absolute Gasteiger partial charge is 0.480 e. The van der Waals surface area contributed by atoms with Crippen molar-refractivity contribution in [3.05, 3.63) is 99.5 Å². The summed E-state index contributed by atoms with van der Waals surface area (Å²) < 4.78 is 54.5. The standard InChI is InChI=1S/C24H20Cl2F2N2O4S/c25-17-5-1-15(2-6-17)24(16-3-7-18(26)8-4-16)29-12-22(13-29)30(35(33,34)14-23(31)32)21-10-19(27)9-20(28)11-21/h1-11,22,24H,12-14H2,(H,31,32). The minimum atomic E-state index is -4.42. The first kappa shape index (κ1) is 25.4. The van der Waals surface area contributed by atoms with Crippen molar-refractivity contribution < 1.29 is 27.1 Å². The maximum absolute atomic E-state index is 13.9. The third-order valence-corrected chi connectivity index (χ3v) is 7.89. The lowest BCUT2D eigenvalue weighted by Crippen LogP contribution is -2.62. The number of likely N-dealkylation sites (tertiary alicyclic amines) is 1. The van der Waals surface area contributed by atoms with Gasteiger partial charge in [-0.2, -0.15) is 0 Å². The molecule has 0 saturated carbocycles. The zero-order valence-electron chi connectivity index (χ0n) is 18.1. The number of hydrogen-bond acceptors (Lipinski definition) is 4. The van der Waals surface area contributed by atoms with Gasteiger partial charge >= 0.3 is 5.97 Å². The van der Waals surface area contributed by atoms with Gasteiger partial charge in [-0.3, -0.25) is 14.0 Å². The van der Waals surface area contributed by atoms with Gasteiger partial charge in [0.15, 0.2) is 5.75 Å². The molecule has 35 heavy (non-hydrogen) atoms. The lowest BCUT2D eigenvalue weighted by molar-refractivity contribution is -0.134. The first-order valence-electron chi connectivity index (χ1n) is 10.5. The predicted octanol–water partition coefficient (Wildman–Crippen LogP) is 4.97. The molecule has 4 rings (SSSR count). The van der Waals surface area contributed by atoms with E-state index in [0.717, 1.165) is 27.6 Å². The number of carbonyl (C=O) groups is 1. The molecule has 0 radical (unpaired) electrons. The van der Waals surface area contributed by atoms with E-state index in [1.165, 1.54) is 0 Å². The smallest absolute Gasteiger partial charge is 0.320 e. The number of aliphatic carboxylic acids is 1. The van der Waals surface area contributed by atoms with Gasteiger partial charge in [0.1, 0.15) is 11.6 Å². The van der Waals surface area contributed by atoms with Gasteiger partial charge in [-0.25, -0.2) is 17.2 Å². The Kier molecular flexibility index (Phi) is 7.32. The number of nitrogens with zero attached hydrogens (tertiary/aromatic N) is 2. The second-order valence-corrected chi connectivity index (χ2v) is 10.9. The summed E-state index contributed by atoms with van der Waals surface area (Å²) in [4.78, 5) is 13.2. The highest BCUT2D eigenvalue weighted by Crippen LogP contribution is 2.37. The maximum Gasteiger partial charge on any atom is 0.320 e. The summed E-state index contributed by atoms with van der Waals surface area (Å²) >= 11 is 12.1. The monoisotopic (exact) mass is 540 g/mol. The van der Waals surface area contributed by atoms with E-state index in [4.69, 9.17) is 28.3 Å². The lowest BCUT2D eigenvalue weighted by Gasteiger charge is -2.49.